The van der Waals surface area contributed by atoms with E-state index in [4.69, 9.17) is 4.74 Å². The van der Waals surface area contributed by atoms with Gasteiger partial charge in [0.2, 0.25) is 0 Å². The van der Waals surface area contributed by atoms with Crippen LogP contribution in [-0.4, -0.2) is 30.6 Å². The first kappa shape index (κ1) is 21.0. The van der Waals surface area contributed by atoms with Crippen LogP contribution in [0, 0.1) is 13.8 Å². The number of anilines is 2. The van der Waals surface area contributed by atoms with E-state index in [0.717, 1.165) is 11.1 Å². The van der Waals surface area contributed by atoms with E-state index < -0.39 is 24.0 Å². The number of hydrogen-bond donors (Lipinski definition) is 3. The van der Waals surface area contributed by atoms with Crippen molar-refractivity contribution < 1.29 is 19.1 Å². The number of esters is 1. The number of carbonyl (C=O) groups is 3. The van der Waals surface area contributed by atoms with Gasteiger partial charge in [0.05, 0.1) is 6.42 Å². The van der Waals surface area contributed by atoms with Crippen LogP contribution in [0.3, 0.4) is 0 Å². The number of aryl methyl sites for hydroxylation is 2. The Morgan fingerprint density at radius 3 is 2.39 bits per heavy atom. The highest BCUT2D eigenvalue weighted by atomic mass is 16.5. The Labute approximate surface area is 164 Å². The number of benzene rings is 2. The number of hydrogen-bond acceptors (Lipinski definition) is 4. The van der Waals surface area contributed by atoms with Crippen LogP contribution < -0.4 is 16.0 Å². The van der Waals surface area contributed by atoms with Gasteiger partial charge in [0.25, 0.3) is 5.91 Å². The third-order valence-corrected chi connectivity index (χ3v) is 3.96. The number of carbonyl (C=O) groups excluding carboxylic acids is 3. The highest BCUT2D eigenvalue weighted by Gasteiger charge is 2.18. The Morgan fingerprint density at radius 2 is 1.71 bits per heavy atom. The van der Waals surface area contributed by atoms with Crippen molar-refractivity contribution in [3.63, 3.8) is 0 Å². The fourth-order valence-electron chi connectivity index (χ4n) is 2.47. The van der Waals surface area contributed by atoms with Crippen LogP contribution in [0.15, 0.2) is 48.5 Å². The van der Waals surface area contributed by atoms with Gasteiger partial charge < -0.3 is 20.7 Å². The first-order chi connectivity index (χ1) is 13.3. The summed E-state index contributed by atoms with van der Waals surface area (Å²) in [7, 11) is 0. The average Bonchev–Trinajstić information content (AvgIpc) is 2.64. The summed E-state index contributed by atoms with van der Waals surface area (Å²) in [6, 6.07) is 14.2. The lowest BCUT2D eigenvalue weighted by atomic mass is 10.1. The van der Waals surface area contributed by atoms with E-state index in [-0.39, 0.29) is 13.0 Å². The molecule has 0 heterocycles. The molecule has 2 rings (SSSR count). The second kappa shape index (κ2) is 10.1. The Bertz CT molecular complexity index is 837. The molecule has 0 aliphatic rings. The molecule has 0 radical (unpaired) electrons. The van der Waals surface area contributed by atoms with Crippen molar-refractivity contribution in [2.75, 3.05) is 17.2 Å². The van der Waals surface area contributed by atoms with Crippen molar-refractivity contribution in [3.05, 3.63) is 59.7 Å². The molecule has 3 amide bonds. The zero-order valence-corrected chi connectivity index (χ0v) is 16.2. The first-order valence-electron chi connectivity index (χ1n) is 9.02. The number of rotatable bonds is 7. The van der Waals surface area contributed by atoms with Crippen LogP contribution in [0.25, 0.3) is 0 Å². The smallest absolute Gasteiger partial charge is 0.319 e. The lowest BCUT2D eigenvalue weighted by Crippen LogP contribution is -2.33. The summed E-state index contributed by atoms with van der Waals surface area (Å²) in [4.78, 5) is 35.8. The fraction of sp³-hybridized carbons (Fsp3) is 0.286. The number of amides is 3. The molecule has 0 aromatic heterocycles. The highest BCUT2D eigenvalue weighted by molar-refractivity contribution is 5.95. The minimum atomic E-state index is -0.939. The molecule has 2 aromatic rings. The molecule has 0 spiro atoms. The molecule has 2 aromatic carbocycles. The third kappa shape index (κ3) is 6.75. The van der Waals surface area contributed by atoms with E-state index in [1.54, 1.807) is 24.3 Å². The molecule has 0 saturated carbocycles. The van der Waals surface area contributed by atoms with E-state index in [1.807, 2.05) is 38.1 Å². The van der Waals surface area contributed by atoms with Crippen molar-refractivity contribution in [3.8, 4) is 0 Å². The predicted octanol–water partition coefficient (Wildman–Crippen LogP) is 3.39. The first-order valence-corrected chi connectivity index (χ1v) is 9.02. The Hall–Kier alpha value is -3.35. The summed E-state index contributed by atoms with van der Waals surface area (Å²) in [6.07, 6.45) is -0.977. The molecule has 0 unspecified atom stereocenters. The molecule has 148 valence electrons. The molecule has 3 N–H and O–H groups in total. The average molecular weight is 383 g/mol. The van der Waals surface area contributed by atoms with Gasteiger partial charge in [-0.05, 0) is 44.5 Å². The molecule has 28 heavy (non-hydrogen) atoms. The minimum absolute atomic E-state index is 0.0383. The van der Waals surface area contributed by atoms with Gasteiger partial charge in [0.1, 0.15) is 0 Å². The Morgan fingerprint density at radius 1 is 1.00 bits per heavy atom. The normalized spacial score (nSPS) is 11.2. The van der Waals surface area contributed by atoms with Gasteiger partial charge in [-0.2, -0.15) is 0 Å². The van der Waals surface area contributed by atoms with Crippen molar-refractivity contribution in [2.45, 2.75) is 33.3 Å². The van der Waals surface area contributed by atoms with E-state index >= 15 is 0 Å². The molecule has 0 saturated heterocycles. The number of ether oxygens (including phenoxy) is 1. The standard InChI is InChI=1S/C21H25N3O4/c1-14-9-10-18(15(2)13-14)24-20(26)16(3)28-19(25)11-12-22-21(27)23-17-7-5-4-6-8-17/h4-10,13,16H,11-12H2,1-3H3,(H,24,26)(H2,22,23,27)/t16-/m1/s1. The lowest BCUT2D eigenvalue weighted by molar-refractivity contribution is -0.153. The molecule has 0 aliphatic carbocycles. The molecule has 0 bridgehead atoms. The van der Waals surface area contributed by atoms with E-state index in [0.29, 0.717) is 11.4 Å². The van der Waals surface area contributed by atoms with Crippen molar-refractivity contribution in [2.24, 2.45) is 0 Å². The molecule has 0 aliphatic heterocycles. The highest BCUT2D eigenvalue weighted by Crippen LogP contribution is 2.16. The van der Waals surface area contributed by atoms with Crippen molar-refractivity contribution >= 4 is 29.3 Å². The van der Waals surface area contributed by atoms with Gasteiger partial charge in [-0.25, -0.2) is 4.79 Å². The zero-order valence-electron chi connectivity index (χ0n) is 16.2. The fourth-order valence-corrected chi connectivity index (χ4v) is 2.47. The van der Waals surface area contributed by atoms with Crippen LogP contribution in [-0.2, 0) is 14.3 Å². The van der Waals surface area contributed by atoms with E-state index in [9.17, 15) is 14.4 Å². The Balaban J connectivity index is 1.71. The number of para-hydroxylation sites is 1. The van der Waals surface area contributed by atoms with Gasteiger partial charge in [-0.1, -0.05) is 35.9 Å². The van der Waals surface area contributed by atoms with Crippen LogP contribution >= 0.6 is 0 Å². The van der Waals surface area contributed by atoms with Crippen LogP contribution in [0.2, 0.25) is 0 Å². The number of nitrogens with one attached hydrogen (secondary N) is 3. The molecule has 1 atom stereocenters. The summed E-state index contributed by atoms with van der Waals surface area (Å²) < 4.78 is 5.13. The van der Waals surface area contributed by atoms with Gasteiger partial charge in [-0.3, -0.25) is 9.59 Å². The maximum Gasteiger partial charge on any atom is 0.319 e. The number of urea groups is 1. The summed E-state index contributed by atoms with van der Waals surface area (Å²) in [6.45, 7) is 5.47. The third-order valence-electron chi connectivity index (χ3n) is 3.96. The predicted molar refractivity (Wildman–Crippen MR) is 108 cm³/mol. The topological polar surface area (TPSA) is 96.5 Å². The largest absolute Gasteiger partial charge is 0.452 e. The summed E-state index contributed by atoms with van der Waals surface area (Å²) in [5.41, 5.74) is 3.36. The second-order valence-corrected chi connectivity index (χ2v) is 6.44. The maximum atomic E-state index is 12.2. The summed E-state index contributed by atoms with van der Waals surface area (Å²) in [5, 5.41) is 7.96. The monoisotopic (exact) mass is 383 g/mol. The lowest BCUT2D eigenvalue weighted by Gasteiger charge is -2.15. The molecule has 0 fully saturated rings. The maximum absolute atomic E-state index is 12.2. The summed E-state index contributed by atoms with van der Waals surface area (Å²) >= 11 is 0. The molecule has 7 nitrogen and oxygen atoms in total. The zero-order chi connectivity index (χ0) is 20.5. The van der Waals surface area contributed by atoms with Crippen LogP contribution in [0.1, 0.15) is 24.5 Å². The Kier molecular flexibility index (Phi) is 7.56. The van der Waals surface area contributed by atoms with Crippen LogP contribution in [0.4, 0.5) is 16.2 Å². The minimum Gasteiger partial charge on any atom is -0.452 e. The second-order valence-electron chi connectivity index (χ2n) is 6.44. The van der Waals surface area contributed by atoms with E-state index in [2.05, 4.69) is 16.0 Å². The molecular formula is C21H25N3O4. The van der Waals surface area contributed by atoms with Gasteiger partial charge in [0.15, 0.2) is 6.10 Å². The van der Waals surface area contributed by atoms with E-state index in [1.165, 1.54) is 6.92 Å². The van der Waals surface area contributed by atoms with Gasteiger partial charge in [0, 0.05) is 17.9 Å². The SMILES string of the molecule is Cc1ccc(NC(=O)[C@@H](C)OC(=O)CCNC(=O)Nc2ccccc2)c(C)c1. The summed E-state index contributed by atoms with van der Waals surface area (Å²) in [5.74, 6) is -0.974. The molecular weight excluding hydrogens is 358 g/mol. The molecule has 7 heteroatoms. The van der Waals surface area contributed by atoms with Gasteiger partial charge in [-0.15, -0.1) is 0 Å². The van der Waals surface area contributed by atoms with Crippen LogP contribution in [0.5, 0.6) is 0 Å². The van der Waals surface area contributed by atoms with Crippen molar-refractivity contribution in [1.82, 2.24) is 5.32 Å². The quantitative estimate of drug-likeness (QED) is 0.639. The van der Waals surface area contributed by atoms with Gasteiger partial charge >= 0.3 is 12.0 Å². The van der Waals surface area contributed by atoms with Crippen molar-refractivity contribution in [1.29, 1.82) is 0 Å².